The minimum absolute atomic E-state index is 0.564. The molecule has 5 nitrogen and oxygen atoms in total. The van der Waals surface area contributed by atoms with Crippen LogP contribution in [0.4, 0.5) is 11.4 Å². The number of hydrogen-bond acceptors (Lipinski definition) is 5. The minimum atomic E-state index is -2.97. The zero-order valence-electron chi connectivity index (χ0n) is 15.4. The number of nitrogens with zero attached hydrogens (tertiary/aromatic N) is 2. The van der Waals surface area contributed by atoms with E-state index >= 15 is 0 Å². The monoisotopic (exact) mass is 374 g/mol. The van der Waals surface area contributed by atoms with Gasteiger partial charge in [-0.25, -0.2) is 0 Å². The fourth-order valence-corrected chi connectivity index (χ4v) is 4.92. The second kappa shape index (κ2) is 5.89. The highest BCUT2D eigenvalue weighted by molar-refractivity contribution is 8.26. The number of hydrogen-bond donors (Lipinski definition) is 3. The Bertz CT molecular complexity index is 826. The van der Waals surface area contributed by atoms with Crippen molar-refractivity contribution in [1.82, 2.24) is 0 Å². The van der Waals surface area contributed by atoms with E-state index in [2.05, 4.69) is 0 Å². The van der Waals surface area contributed by atoms with Crippen molar-refractivity contribution in [2.24, 2.45) is 5.92 Å². The summed E-state index contributed by atoms with van der Waals surface area (Å²) in [5, 5.41) is 10.1. The maximum Gasteiger partial charge on any atom is 0.0840 e. The van der Waals surface area contributed by atoms with Crippen LogP contribution in [0, 0.1) is 5.92 Å². The molecule has 2 aromatic carbocycles. The molecule has 1 aliphatic carbocycles. The van der Waals surface area contributed by atoms with E-state index in [1.165, 1.54) is 0 Å². The van der Waals surface area contributed by atoms with Crippen LogP contribution >= 0.6 is 11.0 Å². The summed E-state index contributed by atoms with van der Waals surface area (Å²) >= 11 is 0. The molecule has 0 radical (unpaired) electrons. The van der Waals surface area contributed by atoms with Crippen molar-refractivity contribution in [3.63, 3.8) is 0 Å². The van der Waals surface area contributed by atoms with Gasteiger partial charge in [-0.3, -0.25) is 17.7 Å². The lowest BCUT2D eigenvalue weighted by atomic mass is 9.95. The normalized spacial score (nSPS) is 20.2. The average Bonchev–Trinajstić information content (AvgIpc) is 3.39. The van der Waals surface area contributed by atoms with Crippen molar-refractivity contribution in [2.75, 3.05) is 22.2 Å². The van der Waals surface area contributed by atoms with Gasteiger partial charge in [-0.2, -0.15) is 0 Å². The van der Waals surface area contributed by atoms with Gasteiger partial charge in [0.2, 0.25) is 0 Å². The second-order valence-corrected chi connectivity index (χ2v) is 9.80. The van der Waals surface area contributed by atoms with Gasteiger partial charge in [0, 0.05) is 13.6 Å². The van der Waals surface area contributed by atoms with E-state index in [-0.39, 0.29) is 0 Å². The van der Waals surface area contributed by atoms with E-state index in [9.17, 15) is 14.2 Å². The standard InChI is InChI=1S/C20H26N2O3S/c1-20(2,23)17-9-6-15(7-10-17)16-8-11-18-19(12-16)21(3)26(24,25)22(18)13-14-4-5-14/h6-12,14,23-25H,4-5,13H2,1-3H3. The molecule has 0 saturated heterocycles. The lowest BCUT2D eigenvalue weighted by Gasteiger charge is -2.42. The molecular weight excluding hydrogens is 348 g/mol. The molecule has 1 aliphatic heterocycles. The Morgan fingerprint density at radius 3 is 2.19 bits per heavy atom. The van der Waals surface area contributed by atoms with Gasteiger partial charge in [-0.05, 0) is 72.4 Å². The largest absolute Gasteiger partial charge is 0.386 e. The van der Waals surface area contributed by atoms with E-state index in [0.29, 0.717) is 12.5 Å². The predicted octanol–water partition coefficient (Wildman–Crippen LogP) is 4.83. The Morgan fingerprint density at radius 2 is 1.62 bits per heavy atom. The minimum Gasteiger partial charge on any atom is -0.386 e. The van der Waals surface area contributed by atoms with Gasteiger partial charge in [-0.1, -0.05) is 30.3 Å². The van der Waals surface area contributed by atoms with Crippen molar-refractivity contribution in [2.45, 2.75) is 32.3 Å². The van der Waals surface area contributed by atoms with Crippen LogP contribution in [-0.4, -0.2) is 27.8 Å². The Kier molecular flexibility index (Phi) is 4.00. The summed E-state index contributed by atoms with van der Waals surface area (Å²) in [7, 11) is -1.23. The first kappa shape index (κ1) is 17.7. The zero-order chi connectivity index (χ0) is 18.7. The van der Waals surface area contributed by atoms with Crippen molar-refractivity contribution in [3.05, 3.63) is 48.0 Å². The van der Waals surface area contributed by atoms with E-state index in [1.807, 2.05) is 42.5 Å². The number of benzene rings is 2. The molecule has 1 fully saturated rings. The van der Waals surface area contributed by atoms with E-state index in [1.54, 1.807) is 29.5 Å². The van der Waals surface area contributed by atoms with Crippen LogP contribution in [0.5, 0.6) is 0 Å². The molecule has 140 valence electrons. The first-order chi connectivity index (χ1) is 12.2. The first-order valence-electron chi connectivity index (χ1n) is 8.95. The fraction of sp³-hybridized carbons (Fsp3) is 0.400. The van der Waals surface area contributed by atoms with Crippen LogP contribution in [0.15, 0.2) is 42.5 Å². The van der Waals surface area contributed by atoms with Gasteiger partial charge in [0.25, 0.3) is 0 Å². The maximum absolute atomic E-state index is 10.7. The van der Waals surface area contributed by atoms with Crippen LogP contribution in [0.3, 0.4) is 0 Å². The number of anilines is 2. The van der Waals surface area contributed by atoms with Gasteiger partial charge in [-0.15, -0.1) is 0 Å². The van der Waals surface area contributed by atoms with Gasteiger partial charge < -0.3 is 5.11 Å². The fourth-order valence-electron chi connectivity index (χ4n) is 3.38. The lowest BCUT2D eigenvalue weighted by Crippen LogP contribution is -2.32. The summed E-state index contributed by atoms with van der Waals surface area (Å²) in [6, 6.07) is 13.9. The quantitative estimate of drug-likeness (QED) is 0.715. The molecule has 0 spiro atoms. The Balaban J connectivity index is 1.68. The number of fused-ring (bicyclic) bond motifs is 1. The molecule has 2 aliphatic rings. The molecule has 3 N–H and O–H groups in total. The summed E-state index contributed by atoms with van der Waals surface area (Å²) in [6.45, 7) is 4.23. The summed E-state index contributed by atoms with van der Waals surface area (Å²) in [4.78, 5) is 0. The first-order valence-corrected chi connectivity index (χ1v) is 10.4. The highest BCUT2D eigenvalue weighted by atomic mass is 32.3. The molecule has 0 aromatic heterocycles. The van der Waals surface area contributed by atoms with Crippen LogP contribution < -0.4 is 8.61 Å². The Hall–Kier alpha value is -1.73. The smallest absolute Gasteiger partial charge is 0.0840 e. The highest BCUT2D eigenvalue weighted by Crippen LogP contribution is 2.61. The summed E-state index contributed by atoms with van der Waals surface area (Å²) < 4.78 is 24.7. The predicted molar refractivity (Wildman–Crippen MR) is 108 cm³/mol. The van der Waals surface area contributed by atoms with Gasteiger partial charge >= 0.3 is 0 Å². The molecule has 26 heavy (non-hydrogen) atoms. The van der Waals surface area contributed by atoms with Crippen LogP contribution in [0.2, 0.25) is 0 Å². The number of rotatable bonds is 4. The third-order valence-electron chi connectivity index (χ3n) is 5.29. The SMILES string of the molecule is CN1c2cc(-c3ccc(C(C)(C)O)cc3)ccc2N(CC2CC2)S1(O)O. The van der Waals surface area contributed by atoms with Crippen molar-refractivity contribution in [1.29, 1.82) is 0 Å². The third kappa shape index (κ3) is 2.97. The zero-order valence-corrected chi connectivity index (χ0v) is 16.2. The Labute approximate surface area is 156 Å². The summed E-state index contributed by atoms with van der Waals surface area (Å²) in [6.07, 6.45) is 2.33. The number of aliphatic hydroxyl groups is 1. The van der Waals surface area contributed by atoms with Gasteiger partial charge in [0.15, 0.2) is 0 Å². The van der Waals surface area contributed by atoms with Crippen LogP contribution in [-0.2, 0) is 5.60 Å². The molecule has 6 heteroatoms. The molecule has 1 saturated carbocycles. The van der Waals surface area contributed by atoms with Crippen LogP contribution in [0.25, 0.3) is 11.1 Å². The highest BCUT2D eigenvalue weighted by Gasteiger charge is 2.41. The van der Waals surface area contributed by atoms with Gasteiger partial charge in [0.1, 0.15) is 0 Å². The van der Waals surface area contributed by atoms with Crippen molar-refractivity contribution < 1.29 is 14.2 Å². The summed E-state index contributed by atoms with van der Waals surface area (Å²) in [5.41, 5.74) is 3.78. The van der Waals surface area contributed by atoms with E-state index in [4.69, 9.17) is 0 Å². The van der Waals surface area contributed by atoms with Crippen molar-refractivity contribution in [3.8, 4) is 11.1 Å². The molecule has 0 unspecified atom stereocenters. The van der Waals surface area contributed by atoms with Gasteiger partial charge in [0.05, 0.1) is 17.0 Å². The molecule has 0 atom stereocenters. The Morgan fingerprint density at radius 1 is 1.00 bits per heavy atom. The van der Waals surface area contributed by atoms with E-state index in [0.717, 1.165) is 40.9 Å². The lowest BCUT2D eigenvalue weighted by molar-refractivity contribution is 0.0786. The molecular formula is C20H26N2O3S. The summed E-state index contributed by atoms with van der Waals surface area (Å²) in [5.74, 6) is 0.564. The average molecular weight is 375 g/mol. The third-order valence-corrected chi connectivity index (χ3v) is 7.16. The maximum atomic E-state index is 10.7. The second-order valence-electron chi connectivity index (χ2n) is 7.83. The van der Waals surface area contributed by atoms with Crippen molar-refractivity contribution >= 4 is 22.3 Å². The molecule has 0 bridgehead atoms. The molecule has 4 rings (SSSR count). The topological polar surface area (TPSA) is 67.2 Å². The molecule has 2 aromatic rings. The van der Waals surface area contributed by atoms with Crippen LogP contribution in [0.1, 0.15) is 32.3 Å². The molecule has 1 heterocycles. The van der Waals surface area contributed by atoms with E-state index < -0.39 is 16.6 Å². The molecule has 0 amide bonds.